The molecule has 10 heteroatoms. The molecule has 2 rings (SSSR count). The van der Waals surface area contributed by atoms with E-state index in [2.05, 4.69) is 16.0 Å². The molecular formula is C22H31N5O5. The van der Waals surface area contributed by atoms with Gasteiger partial charge in [0.05, 0.1) is 6.04 Å². The first kappa shape index (κ1) is 25.0. The third-order valence-corrected chi connectivity index (χ3v) is 4.96. The summed E-state index contributed by atoms with van der Waals surface area (Å²) in [5.74, 6) is -1.41. The van der Waals surface area contributed by atoms with Gasteiger partial charge in [0.15, 0.2) is 0 Å². The number of nitrogens with two attached hydrogens (primary N) is 2. The molecule has 0 aliphatic heterocycles. The topological polar surface area (TPSA) is 170 Å². The molecule has 1 aromatic heterocycles. The standard InChI is InChI=1S/C22H31N5O5/c1-12-10-19(28)32-18-11-15(7-8-16(12)18)26-22(31)17(6-4-5-9-23)27-21(30)14(3)25-20(29)13(2)24/h7-8,10-11,13-14,17H,4-6,9,23-24H2,1-3H3,(H,25,29)(H,26,31)(H,27,30)/t13-,14-,17-/m0/s1. The summed E-state index contributed by atoms with van der Waals surface area (Å²) >= 11 is 0. The number of anilines is 1. The fourth-order valence-electron chi connectivity index (χ4n) is 3.10. The summed E-state index contributed by atoms with van der Waals surface area (Å²) in [4.78, 5) is 48.8. The van der Waals surface area contributed by atoms with Crippen LogP contribution < -0.4 is 33.0 Å². The summed E-state index contributed by atoms with van der Waals surface area (Å²) in [6.45, 7) is 5.28. The van der Waals surface area contributed by atoms with Crippen LogP contribution in [0.3, 0.4) is 0 Å². The maximum atomic E-state index is 12.9. The minimum Gasteiger partial charge on any atom is -0.423 e. The van der Waals surface area contributed by atoms with Crippen LogP contribution in [-0.2, 0) is 14.4 Å². The highest BCUT2D eigenvalue weighted by atomic mass is 16.4. The van der Waals surface area contributed by atoms with E-state index >= 15 is 0 Å². The number of carbonyl (C=O) groups excluding carboxylic acids is 3. The van der Waals surface area contributed by atoms with Gasteiger partial charge in [0.1, 0.15) is 17.7 Å². The molecule has 0 radical (unpaired) electrons. The molecule has 10 nitrogen and oxygen atoms in total. The molecule has 0 saturated heterocycles. The Morgan fingerprint density at radius 2 is 1.75 bits per heavy atom. The molecule has 0 spiro atoms. The maximum absolute atomic E-state index is 12.9. The number of rotatable bonds is 10. The van der Waals surface area contributed by atoms with Crippen molar-refractivity contribution in [3.8, 4) is 0 Å². The van der Waals surface area contributed by atoms with Crippen molar-refractivity contribution in [2.75, 3.05) is 11.9 Å². The Morgan fingerprint density at radius 1 is 1.03 bits per heavy atom. The van der Waals surface area contributed by atoms with Gasteiger partial charge in [0.25, 0.3) is 0 Å². The zero-order valence-electron chi connectivity index (χ0n) is 18.6. The first-order valence-electron chi connectivity index (χ1n) is 10.5. The predicted molar refractivity (Wildman–Crippen MR) is 122 cm³/mol. The molecule has 0 unspecified atom stereocenters. The first-order valence-corrected chi connectivity index (χ1v) is 10.5. The predicted octanol–water partition coefficient (Wildman–Crippen LogP) is 0.506. The Hall–Kier alpha value is -3.24. The second kappa shape index (κ2) is 11.4. The minimum atomic E-state index is -0.865. The Balaban J connectivity index is 2.14. The van der Waals surface area contributed by atoms with Crippen molar-refractivity contribution in [2.24, 2.45) is 11.5 Å². The number of hydrogen-bond donors (Lipinski definition) is 5. The van der Waals surface area contributed by atoms with Crippen molar-refractivity contribution in [1.29, 1.82) is 0 Å². The fraction of sp³-hybridized carbons (Fsp3) is 0.455. The van der Waals surface area contributed by atoms with Gasteiger partial charge < -0.3 is 31.8 Å². The van der Waals surface area contributed by atoms with Gasteiger partial charge in [-0.2, -0.15) is 0 Å². The summed E-state index contributed by atoms with van der Waals surface area (Å²) < 4.78 is 5.22. The minimum absolute atomic E-state index is 0.351. The van der Waals surface area contributed by atoms with Gasteiger partial charge >= 0.3 is 5.63 Å². The largest absolute Gasteiger partial charge is 0.423 e. The fourth-order valence-corrected chi connectivity index (χ4v) is 3.10. The lowest BCUT2D eigenvalue weighted by atomic mass is 10.1. The number of hydrogen-bond acceptors (Lipinski definition) is 7. The van der Waals surface area contributed by atoms with Crippen molar-refractivity contribution in [3.63, 3.8) is 0 Å². The first-order chi connectivity index (χ1) is 15.1. The number of aryl methyl sites for hydroxylation is 1. The average molecular weight is 446 g/mol. The molecule has 0 bridgehead atoms. The highest BCUT2D eigenvalue weighted by molar-refractivity contribution is 5.99. The Morgan fingerprint density at radius 3 is 2.41 bits per heavy atom. The molecule has 2 aromatic rings. The van der Waals surface area contributed by atoms with Crippen LogP contribution in [0.1, 0.15) is 38.7 Å². The van der Waals surface area contributed by atoms with Gasteiger partial charge in [-0.15, -0.1) is 0 Å². The lowest BCUT2D eigenvalue weighted by Gasteiger charge is -2.22. The van der Waals surface area contributed by atoms with Crippen LogP contribution in [0.25, 0.3) is 11.0 Å². The van der Waals surface area contributed by atoms with Crippen LogP contribution in [0.5, 0.6) is 0 Å². The quantitative estimate of drug-likeness (QED) is 0.262. The molecule has 0 saturated carbocycles. The van der Waals surface area contributed by atoms with Crippen LogP contribution in [0.15, 0.2) is 33.5 Å². The molecule has 32 heavy (non-hydrogen) atoms. The van der Waals surface area contributed by atoms with Gasteiger partial charge in [-0.05, 0) is 64.3 Å². The van der Waals surface area contributed by atoms with Gasteiger partial charge in [-0.3, -0.25) is 14.4 Å². The highest BCUT2D eigenvalue weighted by Crippen LogP contribution is 2.21. The second-order valence-corrected chi connectivity index (χ2v) is 7.81. The van der Waals surface area contributed by atoms with E-state index in [0.29, 0.717) is 37.1 Å². The van der Waals surface area contributed by atoms with E-state index in [4.69, 9.17) is 15.9 Å². The number of carbonyl (C=O) groups is 3. The summed E-state index contributed by atoms with van der Waals surface area (Å²) in [6.07, 6.45) is 1.68. The third kappa shape index (κ3) is 6.89. The van der Waals surface area contributed by atoms with Crippen LogP contribution in [0.2, 0.25) is 0 Å². The summed E-state index contributed by atoms with van der Waals surface area (Å²) in [6, 6.07) is 3.93. The van der Waals surface area contributed by atoms with E-state index in [0.717, 1.165) is 10.9 Å². The van der Waals surface area contributed by atoms with Crippen LogP contribution in [-0.4, -0.2) is 42.4 Å². The summed E-state index contributed by atoms with van der Waals surface area (Å²) in [5.41, 5.74) is 12.1. The van der Waals surface area contributed by atoms with E-state index in [-0.39, 0.29) is 0 Å². The van der Waals surface area contributed by atoms with Crippen molar-refractivity contribution in [1.82, 2.24) is 10.6 Å². The second-order valence-electron chi connectivity index (χ2n) is 7.81. The van der Waals surface area contributed by atoms with Gasteiger partial charge in [-0.1, -0.05) is 0 Å². The van der Waals surface area contributed by atoms with E-state index in [1.54, 1.807) is 25.1 Å². The molecular weight excluding hydrogens is 414 g/mol. The zero-order chi connectivity index (χ0) is 23.8. The van der Waals surface area contributed by atoms with E-state index in [1.165, 1.54) is 19.9 Å². The van der Waals surface area contributed by atoms with Crippen molar-refractivity contribution in [2.45, 2.75) is 58.2 Å². The van der Waals surface area contributed by atoms with E-state index < -0.39 is 41.5 Å². The number of fused-ring (bicyclic) bond motifs is 1. The van der Waals surface area contributed by atoms with Crippen molar-refractivity contribution in [3.05, 3.63) is 40.2 Å². The molecule has 3 amide bonds. The van der Waals surface area contributed by atoms with Crippen LogP contribution in [0.4, 0.5) is 5.69 Å². The zero-order valence-corrected chi connectivity index (χ0v) is 18.6. The SMILES string of the molecule is Cc1cc(=O)oc2cc(NC(=O)[C@H](CCCCN)NC(=O)[C@H](C)NC(=O)[C@H](C)N)ccc12. The van der Waals surface area contributed by atoms with E-state index in [1.807, 2.05) is 0 Å². The molecule has 1 aromatic carbocycles. The van der Waals surface area contributed by atoms with Crippen molar-refractivity contribution >= 4 is 34.4 Å². The van der Waals surface area contributed by atoms with Gasteiger partial charge in [0, 0.05) is 23.2 Å². The molecule has 174 valence electrons. The summed E-state index contributed by atoms with van der Waals surface area (Å²) in [7, 11) is 0. The molecule has 0 aliphatic rings. The Bertz CT molecular complexity index is 1030. The smallest absolute Gasteiger partial charge is 0.336 e. The van der Waals surface area contributed by atoms with Gasteiger partial charge in [-0.25, -0.2) is 4.79 Å². The van der Waals surface area contributed by atoms with Crippen LogP contribution >= 0.6 is 0 Å². The Labute approximate surface area is 186 Å². The van der Waals surface area contributed by atoms with Crippen LogP contribution in [0, 0.1) is 6.92 Å². The lowest BCUT2D eigenvalue weighted by Crippen LogP contribution is -2.53. The molecule has 0 fully saturated rings. The highest BCUT2D eigenvalue weighted by Gasteiger charge is 2.25. The van der Waals surface area contributed by atoms with E-state index in [9.17, 15) is 19.2 Å². The number of amides is 3. The maximum Gasteiger partial charge on any atom is 0.336 e. The average Bonchev–Trinajstić information content (AvgIpc) is 2.72. The normalized spacial score (nSPS) is 13.8. The number of nitrogens with one attached hydrogen (secondary N) is 3. The molecule has 0 aliphatic carbocycles. The number of unbranched alkanes of at least 4 members (excludes halogenated alkanes) is 1. The lowest BCUT2D eigenvalue weighted by molar-refractivity contribution is -0.131. The molecule has 3 atom stereocenters. The summed E-state index contributed by atoms with van der Waals surface area (Å²) in [5, 5.41) is 8.68. The third-order valence-electron chi connectivity index (χ3n) is 4.96. The monoisotopic (exact) mass is 445 g/mol. The Kier molecular flexibility index (Phi) is 8.91. The molecule has 7 N–H and O–H groups in total. The van der Waals surface area contributed by atoms with Crippen molar-refractivity contribution < 1.29 is 18.8 Å². The van der Waals surface area contributed by atoms with Gasteiger partial charge in [0.2, 0.25) is 17.7 Å². The molecule has 1 heterocycles. The number of benzene rings is 1.